The average molecular weight is 419 g/mol. The number of ketones is 1. The van der Waals surface area contributed by atoms with Gasteiger partial charge < -0.3 is 10.2 Å². The van der Waals surface area contributed by atoms with Gasteiger partial charge in [0, 0.05) is 12.3 Å². The molecule has 0 amide bonds. The second-order valence-electron chi connectivity index (χ2n) is 12.6. The summed E-state index contributed by atoms with van der Waals surface area (Å²) in [6, 6.07) is 0. The molecule has 0 heterocycles. The smallest absolute Gasteiger partial charge is 0.136 e. The minimum atomic E-state index is -0.637. The zero-order valence-electron chi connectivity index (χ0n) is 20.1. The van der Waals surface area contributed by atoms with Crippen molar-refractivity contribution < 1.29 is 15.0 Å². The van der Waals surface area contributed by atoms with Crippen molar-refractivity contribution in [3.63, 3.8) is 0 Å². The van der Waals surface area contributed by atoms with Gasteiger partial charge >= 0.3 is 0 Å². The number of Topliss-reactive ketones (excluding diaryl/α,β-unsaturated/α-hetero) is 1. The Morgan fingerprint density at radius 2 is 1.63 bits per heavy atom. The highest BCUT2D eigenvalue weighted by Gasteiger charge is 2.61. The van der Waals surface area contributed by atoms with Gasteiger partial charge in [-0.1, -0.05) is 47.5 Å². The highest BCUT2D eigenvalue weighted by molar-refractivity contribution is 5.83. The maximum Gasteiger partial charge on any atom is 0.136 e. The van der Waals surface area contributed by atoms with Crippen LogP contribution in [0.1, 0.15) is 98.8 Å². The van der Waals surface area contributed by atoms with E-state index in [1.54, 1.807) is 0 Å². The summed E-state index contributed by atoms with van der Waals surface area (Å²) in [5.74, 6) is 3.73. The number of hydrogen-bond donors (Lipinski definition) is 2. The summed E-state index contributed by atoms with van der Waals surface area (Å²) in [5, 5.41) is 21.6. The first-order valence-corrected chi connectivity index (χ1v) is 13.0. The molecule has 4 saturated carbocycles. The summed E-state index contributed by atoms with van der Waals surface area (Å²) in [6.07, 6.45) is 10.0. The van der Waals surface area contributed by atoms with Gasteiger partial charge in [0.15, 0.2) is 0 Å². The van der Waals surface area contributed by atoms with Crippen molar-refractivity contribution in [3.05, 3.63) is 0 Å². The number of rotatable bonds is 5. The predicted molar refractivity (Wildman–Crippen MR) is 121 cm³/mol. The molecule has 10 atom stereocenters. The second kappa shape index (κ2) is 8.18. The van der Waals surface area contributed by atoms with E-state index in [2.05, 4.69) is 34.6 Å². The molecule has 0 radical (unpaired) electrons. The minimum absolute atomic E-state index is 0.111. The molecule has 4 rings (SSSR count). The van der Waals surface area contributed by atoms with E-state index in [9.17, 15) is 15.0 Å². The van der Waals surface area contributed by atoms with Gasteiger partial charge in [0.2, 0.25) is 0 Å². The molecule has 0 aliphatic heterocycles. The molecule has 0 saturated heterocycles. The monoisotopic (exact) mass is 418 g/mol. The van der Waals surface area contributed by atoms with E-state index in [0.29, 0.717) is 41.3 Å². The van der Waals surface area contributed by atoms with Crippen LogP contribution in [0.5, 0.6) is 0 Å². The summed E-state index contributed by atoms with van der Waals surface area (Å²) >= 11 is 0. The first-order valence-electron chi connectivity index (χ1n) is 13.0. The van der Waals surface area contributed by atoms with Gasteiger partial charge in [0.05, 0.1) is 12.2 Å². The Labute approximate surface area is 184 Å². The van der Waals surface area contributed by atoms with Crippen LogP contribution in [-0.4, -0.2) is 28.2 Å². The lowest BCUT2D eigenvalue weighted by molar-refractivity contribution is -0.154. The molecule has 4 fully saturated rings. The predicted octanol–water partition coefficient (Wildman–Crippen LogP) is 5.62. The number of carbonyl (C=O) groups is 1. The normalized spacial score (nSPS) is 46.7. The van der Waals surface area contributed by atoms with Crippen LogP contribution in [0.15, 0.2) is 0 Å². The summed E-state index contributed by atoms with van der Waals surface area (Å²) in [6.45, 7) is 11.2. The molecular formula is C27H46O3. The summed E-state index contributed by atoms with van der Waals surface area (Å²) in [4.78, 5) is 13.2. The van der Waals surface area contributed by atoms with E-state index in [4.69, 9.17) is 0 Å². The quantitative estimate of drug-likeness (QED) is 0.609. The molecule has 4 unspecified atom stereocenters. The molecule has 172 valence electrons. The van der Waals surface area contributed by atoms with Crippen LogP contribution in [0.25, 0.3) is 0 Å². The Hall–Kier alpha value is -0.410. The number of aliphatic hydroxyl groups is 2. The van der Waals surface area contributed by atoms with E-state index in [1.807, 2.05) is 0 Å². The largest absolute Gasteiger partial charge is 0.390 e. The van der Waals surface area contributed by atoms with Crippen molar-refractivity contribution in [2.45, 2.75) is 111 Å². The summed E-state index contributed by atoms with van der Waals surface area (Å²) < 4.78 is 0. The van der Waals surface area contributed by atoms with Gasteiger partial charge in [0.25, 0.3) is 0 Å². The number of carbonyl (C=O) groups excluding carboxylic acids is 1. The molecule has 4 aliphatic rings. The van der Waals surface area contributed by atoms with E-state index in [1.165, 1.54) is 38.5 Å². The zero-order valence-corrected chi connectivity index (χ0v) is 20.1. The number of hydrogen-bond acceptors (Lipinski definition) is 3. The Kier molecular flexibility index (Phi) is 6.21. The molecule has 4 aliphatic carbocycles. The van der Waals surface area contributed by atoms with Crippen LogP contribution in [-0.2, 0) is 4.79 Å². The van der Waals surface area contributed by atoms with Gasteiger partial charge in [-0.15, -0.1) is 0 Å². The standard InChI is InChI=1S/C27H46O3/c1-16(2)17(3)25(30)24(29)14-18-9-10-20-19-15-23(28)22-8-6-7-12-27(22,5)21(19)11-13-26(18,20)4/h16-22,24-25,29-30H,6-15H2,1-5H3/t17-,18?,19?,20?,21?,22+,24+,25+,26+,27+/m0/s1. The van der Waals surface area contributed by atoms with E-state index >= 15 is 0 Å². The number of aliphatic hydroxyl groups excluding tert-OH is 2. The van der Waals surface area contributed by atoms with Crippen molar-refractivity contribution >= 4 is 5.78 Å². The third-order valence-corrected chi connectivity index (χ3v) is 11.1. The van der Waals surface area contributed by atoms with Gasteiger partial charge in [0.1, 0.15) is 5.78 Å². The third kappa shape index (κ3) is 3.51. The molecule has 30 heavy (non-hydrogen) atoms. The molecule has 0 aromatic carbocycles. The van der Waals surface area contributed by atoms with Crippen molar-refractivity contribution in [1.82, 2.24) is 0 Å². The van der Waals surface area contributed by atoms with Crippen molar-refractivity contribution in [1.29, 1.82) is 0 Å². The fraction of sp³-hybridized carbons (Fsp3) is 0.963. The van der Waals surface area contributed by atoms with Crippen LogP contribution in [0.2, 0.25) is 0 Å². The van der Waals surface area contributed by atoms with Crippen LogP contribution in [0, 0.1) is 52.3 Å². The van der Waals surface area contributed by atoms with Gasteiger partial charge in [-0.2, -0.15) is 0 Å². The molecule has 0 aromatic heterocycles. The lowest BCUT2D eigenvalue weighted by atomic mass is 9.44. The molecule has 2 N–H and O–H groups in total. The molecule has 3 heteroatoms. The highest BCUT2D eigenvalue weighted by atomic mass is 16.3. The Bertz CT molecular complexity index is 644. The van der Waals surface area contributed by atoms with Crippen molar-refractivity contribution in [2.24, 2.45) is 52.3 Å². The maximum atomic E-state index is 13.2. The minimum Gasteiger partial charge on any atom is -0.390 e. The fourth-order valence-corrected chi connectivity index (χ4v) is 8.77. The molecule has 0 spiro atoms. The molecular weight excluding hydrogens is 372 g/mol. The van der Waals surface area contributed by atoms with Crippen LogP contribution in [0.4, 0.5) is 0 Å². The SMILES string of the molecule is CC(C)[C@H](C)[C@@H](O)[C@H](O)CC1CCC2C3CC(=O)[C@H]4CCCC[C@]4(C)C3CC[C@]12C. The molecule has 0 aromatic rings. The van der Waals surface area contributed by atoms with Gasteiger partial charge in [-0.25, -0.2) is 0 Å². The second-order valence-corrected chi connectivity index (χ2v) is 12.6. The lowest BCUT2D eigenvalue weighted by Crippen LogP contribution is -2.55. The average Bonchev–Trinajstić information content (AvgIpc) is 3.03. The van der Waals surface area contributed by atoms with Gasteiger partial charge in [-0.3, -0.25) is 4.79 Å². The maximum absolute atomic E-state index is 13.2. The van der Waals surface area contributed by atoms with Gasteiger partial charge in [-0.05, 0) is 91.3 Å². The summed E-state index contributed by atoms with van der Waals surface area (Å²) in [7, 11) is 0. The lowest BCUT2D eigenvalue weighted by Gasteiger charge is -2.59. The topological polar surface area (TPSA) is 57.5 Å². The Balaban J connectivity index is 1.50. The number of fused-ring (bicyclic) bond motifs is 5. The first-order chi connectivity index (χ1) is 14.1. The zero-order chi connectivity index (χ0) is 21.8. The first kappa shape index (κ1) is 22.8. The Morgan fingerprint density at radius 1 is 0.933 bits per heavy atom. The van der Waals surface area contributed by atoms with Crippen molar-refractivity contribution in [2.75, 3.05) is 0 Å². The van der Waals surface area contributed by atoms with Crippen molar-refractivity contribution in [3.8, 4) is 0 Å². The Morgan fingerprint density at radius 3 is 2.33 bits per heavy atom. The van der Waals surface area contributed by atoms with Crippen LogP contribution in [0.3, 0.4) is 0 Å². The highest BCUT2D eigenvalue weighted by Crippen LogP contribution is 2.67. The third-order valence-electron chi connectivity index (χ3n) is 11.1. The molecule has 0 bridgehead atoms. The van der Waals surface area contributed by atoms with E-state index in [-0.39, 0.29) is 16.7 Å². The molecule has 3 nitrogen and oxygen atoms in total. The van der Waals surface area contributed by atoms with E-state index < -0.39 is 12.2 Å². The van der Waals surface area contributed by atoms with Crippen LogP contribution >= 0.6 is 0 Å². The van der Waals surface area contributed by atoms with E-state index in [0.717, 1.165) is 25.7 Å². The fourth-order valence-electron chi connectivity index (χ4n) is 8.77. The van der Waals surface area contributed by atoms with Crippen LogP contribution < -0.4 is 0 Å². The summed E-state index contributed by atoms with van der Waals surface area (Å²) in [5.41, 5.74) is 0.459.